The minimum Gasteiger partial charge on any atom is -0.508 e. The maximum Gasteiger partial charge on any atom is 0.251 e. The van der Waals surface area contributed by atoms with Crippen molar-refractivity contribution in [1.29, 1.82) is 0 Å². The second kappa shape index (κ2) is 29.8. The lowest BCUT2D eigenvalue weighted by molar-refractivity contribution is -0.148. The van der Waals surface area contributed by atoms with Gasteiger partial charge in [0.05, 0.1) is 49.1 Å². The third-order valence-corrected chi connectivity index (χ3v) is 16.3. The Morgan fingerprint density at radius 2 is 1.28 bits per heavy atom. The Morgan fingerprint density at radius 1 is 0.718 bits per heavy atom. The third-order valence-electron chi connectivity index (χ3n) is 16.3. The zero-order valence-corrected chi connectivity index (χ0v) is 48.1. The summed E-state index contributed by atoms with van der Waals surface area (Å²) >= 11 is 0. The van der Waals surface area contributed by atoms with E-state index in [9.17, 15) is 74.4 Å². The first kappa shape index (κ1) is 65.4. The molecule has 0 radical (unpaired) electrons. The van der Waals surface area contributed by atoms with E-state index in [0.717, 1.165) is 59.1 Å². The van der Waals surface area contributed by atoms with Crippen molar-refractivity contribution in [3.8, 4) is 33.8 Å². The topological polar surface area (TPSA) is 380 Å². The first-order valence-corrected chi connectivity index (χ1v) is 29.0. The van der Waals surface area contributed by atoms with E-state index in [0.29, 0.717) is 6.61 Å². The maximum absolute atomic E-state index is 14.7. The van der Waals surface area contributed by atoms with Gasteiger partial charge in [-0.15, -0.1) is 0 Å². The zero-order chi connectivity index (χ0) is 61.8. The molecule has 460 valence electrons. The summed E-state index contributed by atoms with van der Waals surface area (Å²) in [5.74, 6) is -12.2. The van der Waals surface area contributed by atoms with Gasteiger partial charge in [-0.2, -0.15) is 0 Å². The monoisotopic (exact) mass is 1180 g/mol. The minimum atomic E-state index is -2.15. The molecule has 16 atom stereocenters. The molecule has 0 aromatic heterocycles. The maximum atomic E-state index is 14.7. The van der Waals surface area contributed by atoms with Gasteiger partial charge in [0.15, 0.2) is 5.78 Å². The molecule has 3 aliphatic rings. The highest BCUT2D eigenvalue weighted by molar-refractivity contribution is 6.01. The molecule has 0 bridgehead atoms. The first-order valence-electron chi connectivity index (χ1n) is 29.0. The number of hydrogen-bond acceptors (Lipinski definition) is 18. The fraction of sp³-hybridized carbons (Fsp3) is 0.500. The lowest BCUT2D eigenvalue weighted by Crippen LogP contribution is -2.63. The highest BCUT2D eigenvalue weighted by Crippen LogP contribution is 2.38. The number of nitrogens with two attached hydrogens (primary N) is 1. The van der Waals surface area contributed by atoms with Crippen LogP contribution < -0.4 is 37.1 Å². The number of aliphatic hydroxyl groups is 7. The lowest BCUT2D eigenvalue weighted by Gasteiger charge is -2.34. The number of fused-ring (bicyclic) bond motifs is 2. The van der Waals surface area contributed by atoms with Gasteiger partial charge in [0.2, 0.25) is 23.6 Å². The Morgan fingerprint density at radius 3 is 1.86 bits per heavy atom. The van der Waals surface area contributed by atoms with Crippen LogP contribution in [0.4, 0.5) is 0 Å². The van der Waals surface area contributed by atoms with Gasteiger partial charge >= 0.3 is 0 Å². The molecular weight excluding hydrogens is 1100 g/mol. The molecule has 15 N–H and O–H groups in total. The number of Topliss-reactive ketones (excluding diaryl/α,β-unsaturated/α-hetero) is 2. The molecule has 5 amide bonds. The van der Waals surface area contributed by atoms with Crippen molar-refractivity contribution in [3.05, 3.63) is 108 Å². The van der Waals surface area contributed by atoms with Crippen LogP contribution in [-0.4, -0.2) is 180 Å². The third kappa shape index (κ3) is 16.2. The number of ether oxygens (including phenoxy) is 1. The van der Waals surface area contributed by atoms with E-state index in [4.69, 9.17) is 10.5 Å². The van der Waals surface area contributed by atoms with E-state index < -0.39 is 151 Å². The van der Waals surface area contributed by atoms with Crippen molar-refractivity contribution in [2.24, 2.45) is 29.4 Å². The van der Waals surface area contributed by atoms with E-state index in [1.165, 1.54) is 50.2 Å². The Balaban J connectivity index is 1.21. The second-order valence-corrected chi connectivity index (χ2v) is 22.7. The number of aliphatic hydroxyl groups excluding tert-OH is 7. The molecule has 3 fully saturated rings. The number of nitrogens with one attached hydrogen (secondary N) is 5. The first-order chi connectivity index (χ1) is 40.5. The number of unbranched alkanes of at least 4 members (excludes halogenated alkanes) is 2. The van der Waals surface area contributed by atoms with Crippen LogP contribution in [0.5, 0.6) is 11.5 Å². The molecule has 2 heterocycles. The lowest BCUT2D eigenvalue weighted by atomic mass is 9.80. The Bertz CT molecular complexity index is 2930. The number of carbonyl (C=O) groups is 7. The van der Waals surface area contributed by atoms with Crippen molar-refractivity contribution < 1.29 is 79.2 Å². The van der Waals surface area contributed by atoms with Crippen LogP contribution in [0.3, 0.4) is 0 Å². The molecule has 1 aliphatic carbocycles. The normalized spacial score (nSPS) is 27.9. The van der Waals surface area contributed by atoms with Crippen molar-refractivity contribution in [3.63, 3.8) is 0 Å². The number of benzene rings is 4. The van der Waals surface area contributed by atoms with Crippen molar-refractivity contribution in [2.45, 2.75) is 146 Å². The molecular formula is C62H81N7O16. The van der Waals surface area contributed by atoms with E-state index in [2.05, 4.69) is 33.5 Å². The molecule has 2 aliphatic heterocycles. The smallest absolute Gasteiger partial charge is 0.251 e. The Kier molecular flexibility index (Phi) is 22.9. The predicted molar refractivity (Wildman–Crippen MR) is 311 cm³/mol. The fourth-order valence-corrected chi connectivity index (χ4v) is 11.4. The summed E-state index contributed by atoms with van der Waals surface area (Å²) in [6.45, 7) is 6.21. The van der Waals surface area contributed by atoms with Gasteiger partial charge in [-0.25, -0.2) is 0 Å². The van der Waals surface area contributed by atoms with Gasteiger partial charge in [-0.1, -0.05) is 87.4 Å². The number of hydrogen-bond donors (Lipinski definition) is 14. The molecule has 0 spiro atoms. The number of carbonyl (C=O) groups excluding carboxylic acids is 7. The number of ketones is 2. The number of phenols is 1. The molecule has 85 heavy (non-hydrogen) atoms. The summed E-state index contributed by atoms with van der Waals surface area (Å²) in [7, 11) is 0. The molecule has 4 aromatic carbocycles. The van der Waals surface area contributed by atoms with Crippen LogP contribution in [0.25, 0.3) is 22.3 Å². The summed E-state index contributed by atoms with van der Waals surface area (Å²) in [5.41, 5.74) is 9.41. The van der Waals surface area contributed by atoms with Gasteiger partial charge in [0, 0.05) is 55.8 Å². The van der Waals surface area contributed by atoms with Crippen LogP contribution >= 0.6 is 0 Å². The van der Waals surface area contributed by atoms with Crippen LogP contribution in [0, 0.1) is 23.7 Å². The number of aromatic hydroxyl groups is 1. The van der Waals surface area contributed by atoms with Gasteiger partial charge in [0.1, 0.15) is 53.7 Å². The van der Waals surface area contributed by atoms with Crippen LogP contribution in [0.1, 0.15) is 94.7 Å². The van der Waals surface area contributed by atoms with Crippen LogP contribution in [0.2, 0.25) is 0 Å². The van der Waals surface area contributed by atoms with Crippen LogP contribution in [-0.2, 0) is 28.8 Å². The summed E-state index contributed by atoms with van der Waals surface area (Å²) in [6, 6.07) is 19.6. The zero-order valence-electron chi connectivity index (χ0n) is 48.1. The van der Waals surface area contributed by atoms with E-state index in [1.807, 2.05) is 48.5 Å². The van der Waals surface area contributed by atoms with Crippen molar-refractivity contribution in [1.82, 2.24) is 31.5 Å². The second-order valence-electron chi connectivity index (χ2n) is 22.7. The SMILES string of the molecule is CCCCCOc1ccc(-c2ccc(-c3ccc(C(=O)N[C@H]4C[C@@H](O)C(NCCN)NC(=O)C5[C@@H](O)[C@@H](C)CN5C(=O)C([C@@H](C)O)NC(=O)C([C@H](O)[C@@H](O)c5ccc(O)cc5)CC(=O)C5C[C@@H](O)CC5C(=O)C([C@@H](C)O)NC4=O)cc3)cc2)cc1. The number of phenolic OH excluding ortho intramolecular Hbond substituents is 1. The summed E-state index contributed by atoms with van der Waals surface area (Å²) in [6.07, 6.45) is -12.9. The number of amides is 5. The highest BCUT2D eigenvalue weighted by atomic mass is 16.5. The highest BCUT2D eigenvalue weighted by Gasteiger charge is 2.51. The van der Waals surface area contributed by atoms with Gasteiger partial charge in [-0.3, -0.25) is 38.9 Å². The van der Waals surface area contributed by atoms with Crippen LogP contribution in [0.15, 0.2) is 97.1 Å². The predicted octanol–water partition coefficient (Wildman–Crippen LogP) is 0.714. The molecule has 23 heteroatoms. The van der Waals surface area contributed by atoms with Gasteiger partial charge in [-0.05, 0) is 97.3 Å². The fourth-order valence-electron chi connectivity index (χ4n) is 11.4. The Labute approximate surface area is 493 Å². The largest absolute Gasteiger partial charge is 0.508 e. The number of rotatable bonds is 17. The quantitative estimate of drug-likeness (QED) is 0.0648. The van der Waals surface area contributed by atoms with E-state index in [-0.39, 0.29) is 49.4 Å². The molecule has 7 unspecified atom stereocenters. The molecule has 2 saturated heterocycles. The molecule has 4 aromatic rings. The summed E-state index contributed by atoms with van der Waals surface area (Å²) in [4.78, 5) is 103. The molecule has 1 saturated carbocycles. The van der Waals surface area contributed by atoms with Crippen molar-refractivity contribution in [2.75, 3.05) is 26.2 Å². The summed E-state index contributed by atoms with van der Waals surface area (Å²) in [5, 5.41) is 103. The van der Waals surface area contributed by atoms with Crippen molar-refractivity contribution >= 4 is 41.1 Å². The van der Waals surface area contributed by atoms with E-state index >= 15 is 0 Å². The Hall–Kier alpha value is -7.19. The molecule has 7 rings (SSSR count). The average molecular weight is 1180 g/mol. The molecule has 23 nitrogen and oxygen atoms in total. The minimum absolute atomic E-state index is 0.0129. The average Bonchev–Trinajstić information content (AvgIpc) is 3.51. The number of nitrogens with zero attached hydrogens (tertiary/aromatic N) is 1. The van der Waals surface area contributed by atoms with Gasteiger partial charge < -0.3 is 77.5 Å². The van der Waals surface area contributed by atoms with E-state index in [1.54, 1.807) is 12.1 Å². The standard InChI is InChI=1S/C62H81N7O16/c1-5-6-7-26-85-43-22-18-38(19-23-43)36-10-8-35(9-11-36)37-12-14-40(15-13-37)58(80)65-47-30-49(75)57(64-25-24-63)68-61(83)52-53(76)32(2)31-69(52)62(84)51(34(4)71)67-59(81)46(56(79)54(77)39-16-20-41(72)21-17-39)29-48(74)44-27-42(73)28-45(44)55(78)50(33(3)70)66-60(47)82/h8-23,32-34,42,44-47,49-54,56-57,64,70-73,75-77,79H,5-7,24-31,63H2,1-4H3,(H,65,80)(H,66,82)(H,67,81)(H,68,83)/t32-,33+,34+,42+,44?,45?,46?,47-,49+,50?,51?,52?,53-,54-,56-,57?/m0/s1. The van der Waals surface area contributed by atoms with Gasteiger partial charge in [0.25, 0.3) is 5.91 Å². The summed E-state index contributed by atoms with van der Waals surface area (Å²) < 4.78 is 5.86.